The Morgan fingerprint density at radius 1 is 0.270 bits per heavy atom. The summed E-state index contributed by atoms with van der Waals surface area (Å²) in [5.41, 5.74) is 19.7. The molecule has 0 radical (unpaired) electrons. The van der Waals surface area contributed by atoms with E-state index in [2.05, 4.69) is 15.9 Å². The summed E-state index contributed by atoms with van der Waals surface area (Å²) in [6, 6.07) is 51.1. The second-order valence-corrected chi connectivity index (χ2v) is 34.7. The van der Waals surface area contributed by atoms with Crippen molar-refractivity contribution in [3.63, 3.8) is 0 Å². The molecule has 1 aliphatic carbocycles. The Kier molecular flexibility index (Phi) is 44.0. The Morgan fingerprint density at radius 3 is 0.787 bits per heavy atom. The van der Waals surface area contributed by atoms with Crippen molar-refractivity contribution in [2.24, 2.45) is 0 Å². The number of ether oxygens (including phenoxy) is 12. The molecule has 0 saturated heterocycles. The summed E-state index contributed by atoms with van der Waals surface area (Å²) < 4.78 is 148. The second-order valence-electron chi connectivity index (χ2n) is 33.4. The van der Waals surface area contributed by atoms with Crippen molar-refractivity contribution < 1.29 is 112 Å². The minimum atomic E-state index is -0.458. The summed E-state index contributed by atoms with van der Waals surface area (Å²) in [4.78, 5) is 72.6. The fourth-order valence-corrected chi connectivity index (χ4v) is 15.7. The van der Waals surface area contributed by atoms with Gasteiger partial charge >= 0.3 is 35.8 Å². The SMILES string of the molecule is CCOC(=O)c1cccc(Br)c1COc1cc(F)c(C)cc1C.CCOC(=O)c1cccc(C)c1COc1cc(F)c(C)cc1C.CCOC(=O)c1cccc(C)c1COc1cc(F)c(C)cc1C.CCOC(=O)c1cccc(C2CC2)c1COc1cc(F)c(C)cc1C.CCOC(=O)c1cccc(CC)c1COc1cc(F)c(C)cc1C.CCOC(=O)c1cccc(Cl)c1COc1cc(F)c(C)cc1C. The van der Waals surface area contributed by atoms with E-state index in [0.717, 1.165) is 102 Å². The summed E-state index contributed by atoms with van der Waals surface area (Å²) in [6.07, 6.45) is 3.02. The molecule has 0 aromatic heterocycles. The monoisotopic (exact) mass is 2020 g/mol. The van der Waals surface area contributed by atoms with Crippen molar-refractivity contribution in [3.05, 3.63) is 382 Å². The van der Waals surface area contributed by atoms with Gasteiger partial charge in [0.15, 0.2) is 0 Å². The van der Waals surface area contributed by atoms with E-state index in [1.54, 1.807) is 174 Å². The van der Waals surface area contributed by atoms with Crippen LogP contribution in [0.2, 0.25) is 5.02 Å². The summed E-state index contributed by atoms with van der Waals surface area (Å²) >= 11 is 9.60. The molecular weight excluding hydrogens is 1900 g/mol. The normalized spacial score (nSPS) is 11.0. The van der Waals surface area contributed by atoms with Crippen molar-refractivity contribution in [1.29, 1.82) is 0 Å². The van der Waals surface area contributed by atoms with Crippen LogP contribution in [0, 0.1) is 132 Å². The molecule has 26 heteroatoms. The summed E-state index contributed by atoms with van der Waals surface area (Å²) in [7, 11) is 0. The molecule has 748 valence electrons. The Balaban J connectivity index is 0.000000207. The van der Waals surface area contributed by atoms with Gasteiger partial charge < -0.3 is 56.8 Å². The van der Waals surface area contributed by atoms with Crippen LogP contribution in [-0.2, 0) is 74.5 Å². The molecule has 0 bridgehead atoms. The molecule has 0 spiro atoms. The van der Waals surface area contributed by atoms with Gasteiger partial charge in [-0.1, -0.05) is 95.1 Å². The van der Waals surface area contributed by atoms with Crippen LogP contribution in [0.3, 0.4) is 0 Å². The quantitative estimate of drug-likeness (QED) is 0.0218. The molecule has 1 fully saturated rings. The van der Waals surface area contributed by atoms with Crippen molar-refractivity contribution >= 4 is 63.3 Å². The first kappa shape index (κ1) is 113. The van der Waals surface area contributed by atoms with E-state index in [1.807, 2.05) is 117 Å². The maximum absolute atomic E-state index is 13.9. The molecule has 1 aliphatic rings. The minimum Gasteiger partial charge on any atom is -0.488 e. The first-order valence-corrected chi connectivity index (χ1v) is 47.7. The Morgan fingerprint density at radius 2 is 0.496 bits per heavy atom. The number of halogens is 8. The Labute approximate surface area is 836 Å². The number of hydrogen-bond donors (Lipinski definition) is 0. The molecule has 141 heavy (non-hydrogen) atoms. The first-order valence-electron chi connectivity index (χ1n) is 46.6. The minimum absolute atomic E-state index is 0.0527. The topological polar surface area (TPSA) is 213 Å². The van der Waals surface area contributed by atoms with Crippen LogP contribution >= 0.6 is 27.5 Å². The van der Waals surface area contributed by atoms with Crippen LogP contribution in [-0.4, -0.2) is 75.5 Å². The van der Waals surface area contributed by atoms with E-state index >= 15 is 0 Å². The van der Waals surface area contributed by atoms with Gasteiger partial charge in [0.1, 0.15) is 109 Å². The number of carbonyl (C=O) groups excluding carboxylic acids is 6. The molecule has 1 saturated carbocycles. The highest BCUT2D eigenvalue weighted by Crippen LogP contribution is 2.43. The van der Waals surface area contributed by atoms with E-state index in [9.17, 15) is 55.1 Å². The van der Waals surface area contributed by atoms with Gasteiger partial charge in [-0.05, 0) is 338 Å². The Bertz CT molecular complexity index is 5910. The maximum Gasteiger partial charge on any atom is 0.338 e. The van der Waals surface area contributed by atoms with Crippen molar-refractivity contribution in [1.82, 2.24) is 0 Å². The van der Waals surface area contributed by atoms with E-state index in [-0.39, 0.29) is 105 Å². The van der Waals surface area contributed by atoms with Crippen LogP contribution in [0.15, 0.2) is 186 Å². The second kappa shape index (κ2) is 55.0. The number of rotatable bonds is 32. The molecule has 0 heterocycles. The zero-order chi connectivity index (χ0) is 104. The highest BCUT2D eigenvalue weighted by Gasteiger charge is 2.30. The van der Waals surface area contributed by atoms with Gasteiger partial charge in [0.05, 0.1) is 73.0 Å². The highest BCUT2D eigenvalue weighted by atomic mass is 79.9. The van der Waals surface area contributed by atoms with Gasteiger partial charge in [-0.15, -0.1) is 0 Å². The summed E-state index contributed by atoms with van der Waals surface area (Å²) in [5, 5.41) is 0.404. The van der Waals surface area contributed by atoms with Gasteiger partial charge in [0, 0.05) is 79.3 Å². The fraction of sp³-hybridized carbons (Fsp3) is 0.322. The molecule has 0 N–H and O–H groups in total. The average molecular weight is 2020 g/mol. The standard InChI is InChI=1S/C21H23FO3.C20H23FO3.2C19H21FO3.C18H18BrFO3.C18H18ClFO3/c1-4-24-21(23)17-7-5-6-16(15-8-9-15)18(17)12-25-20-11-19(22)13(2)10-14(20)3;1-5-15-8-7-9-16(20(22)23-6-2)17(15)12-24-19-11-18(21)13(3)10-14(19)4;2*1-5-22-19(21)15-8-6-7-12(2)16(15)11-23-18-10-17(20)13(3)9-14(18)4;2*1-4-22-18(21)13-6-5-7-15(19)14(13)10-23-17-9-16(20)11(2)8-12(17)3/h5-7,10-11,15H,4,8-9,12H2,1-3H3;7-11H,5-6,12H2,1-4H3;2*6-10H,5,11H2,1-4H3;2*5-9H,4,10H2,1-3H3. The van der Waals surface area contributed by atoms with Crippen LogP contribution < -0.4 is 28.4 Å². The molecule has 0 amide bonds. The van der Waals surface area contributed by atoms with Gasteiger partial charge in [-0.2, -0.15) is 0 Å². The molecule has 0 atom stereocenters. The lowest BCUT2D eigenvalue weighted by Crippen LogP contribution is -2.12. The lowest BCUT2D eigenvalue weighted by Gasteiger charge is -2.16. The van der Waals surface area contributed by atoms with Crippen molar-refractivity contribution in [2.75, 3.05) is 39.6 Å². The first-order chi connectivity index (χ1) is 67.2. The predicted molar refractivity (Wildman–Crippen MR) is 539 cm³/mol. The van der Waals surface area contributed by atoms with Gasteiger partial charge in [0.2, 0.25) is 0 Å². The molecule has 0 aliphatic heterocycles. The number of benzene rings is 12. The third kappa shape index (κ3) is 32.1. The third-order valence-electron chi connectivity index (χ3n) is 22.9. The molecule has 13 rings (SSSR count). The van der Waals surface area contributed by atoms with E-state index < -0.39 is 11.9 Å². The van der Waals surface area contributed by atoms with Gasteiger partial charge in [0.25, 0.3) is 0 Å². The molecular formula is C115H124BrClF6O18. The van der Waals surface area contributed by atoms with Crippen LogP contribution in [0.1, 0.15) is 252 Å². The zero-order valence-corrected chi connectivity index (χ0v) is 86.2. The highest BCUT2D eigenvalue weighted by molar-refractivity contribution is 9.10. The largest absolute Gasteiger partial charge is 0.488 e. The number of hydrogen-bond acceptors (Lipinski definition) is 18. The average Bonchev–Trinajstić information content (AvgIpc) is 1.67. The summed E-state index contributed by atoms with van der Waals surface area (Å²) in [6.45, 7) is 40.7. The fourth-order valence-electron chi connectivity index (χ4n) is 15.0. The Hall–Kier alpha value is -13.4. The van der Waals surface area contributed by atoms with Crippen LogP contribution in [0.25, 0.3) is 0 Å². The molecule has 18 nitrogen and oxygen atoms in total. The molecule has 12 aromatic rings. The lowest BCUT2D eigenvalue weighted by molar-refractivity contribution is 0.0513. The van der Waals surface area contributed by atoms with Gasteiger partial charge in [-0.3, -0.25) is 0 Å². The van der Waals surface area contributed by atoms with E-state index in [0.29, 0.717) is 156 Å². The van der Waals surface area contributed by atoms with Crippen molar-refractivity contribution in [3.8, 4) is 34.5 Å². The predicted octanol–water partition coefficient (Wildman–Crippen LogP) is 28.7. The number of carbonyl (C=O) groups is 6. The maximum atomic E-state index is 13.9. The van der Waals surface area contributed by atoms with Crippen molar-refractivity contribution in [2.45, 2.75) is 210 Å². The summed E-state index contributed by atoms with van der Waals surface area (Å²) in [5.74, 6) is -0.867. The zero-order valence-electron chi connectivity index (χ0n) is 83.9. The smallest absolute Gasteiger partial charge is 0.338 e. The van der Waals surface area contributed by atoms with Crippen LogP contribution in [0.4, 0.5) is 26.3 Å². The third-order valence-corrected chi connectivity index (χ3v) is 24.0. The molecule has 12 aromatic carbocycles. The van der Waals surface area contributed by atoms with E-state index in [4.69, 9.17) is 68.4 Å². The lowest BCUT2D eigenvalue weighted by atomic mass is 9.98. The molecule has 0 unspecified atom stereocenters. The number of esters is 6. The van der Waals surface area contributed by atoms with E-state index in [1.165, 1.54) is 36.4 Å². The van der Waals surface area contributed by atoms with Gasteiger partial charge in [-0.25, -0.2) is 55.1 Å². The number of aryl methyl sites for hydroxylation is 15. The van der Waals surface area contributed by atoms with Crippen LogP contribution in [0.5, 0.6) is 34.5 Å².